The van der Waals surface area contributed by atoms with Gasteiger partial charge >= 0.3 is 0 Å². The van der Waals surface area contributed by atoms with Gasteiger partial charge in [0, 0.05) is 18.5 Å². The van der Waals surface area contributed by atoms with E-state index in [0.29, 0.717) is 6.04 Å². The molecule has 3 nitrogen and oxygen atoms in total. The van der Waals surface area contributed by atoms with Crippen LogP contribution >= 0.6 is 11.3 Å². The number of anilines is 1. The van der Waals surface area contributed by atoms with Crippen LogP contribution in [0.5, 0.6) is 0 Å². The highest BCUT2D eigenvalue weighted by Gasteiger charge is 2.20. The van der Waals surface area contributed by atoms with Crippen molar-refractivity contribution in [3.05, 3.63) is 11.1 Å². The highest BCUT2D eigenvalue weighted by atomic mass is 32.1. The number of thiazole rings is 1. The summed E-state index contributed by atoms with van der Waals surface area (Å²) in [5.41, 5.74) is 1.27. The molecule has 0 aliphatic carbocycles. The van der Waals surface area contributed by atoms with Gasteiger partial charge in [0.05, 0.1) is 11.7 Å². The van der Waals surface area contributed by atoms with Crippen molar-refractivity contribution in [3.63, 3.8) is 0 Å². The van der Waals surface area contributed by atoms with Gasteiger partial charge in [0.2, 0.25) is 0 Å². The Hall–Kier alpha value is -0.610. The molecule has 4 heteroatoms. The summed E-state index contributed by atoms with van der Waals surface area (Å²) in [7, 11) is 0. The van der Waals surface area contributed by atoms with E-state index in [1.54, 1.807) is 0 Å². The lowest BCUT2D eigenvalue weighted by atomic mass is 10.2. The molecule has 2 aliphatic heterocycles. The molecule has 0 spiro atoms. The number of aromatic nitrogens is 1. The van der Waals surface area contributed by atoms with Gasteiger partial charge in [-0.1, -0.05) is 12.8 Å². The molecule has 0 amide bonds. The minimum Gasteiger partial charge on any atom is -0.348 e. The Labute approximate surface area is 107 Å². The number of rotatable bonds is 2. The molecule has 3 rings (SSSR count). The van der Waals surface area contributed by atoms with Crippen LogP contribution in [0.15, 0.2) is 5.38 Å². The third-order valence-corrected chi connectivity index (χ3v) is 4.72. The van der Waals surface area contributed by atoms with Crippen molar-refractivity contribution in [1.29, 1.82) is 0 Å². The van der Waals surface area contributed by atoms with E-state index in [1.807, 2.05) is 11.3 Å². The number of nitrogens with zero attached hydrogens (tertiary/aromatic N) is 2. The number of hydrogen-bond acceptors (Lipinski definition) is 4. The summed E-state index contributed by atoms with van der Waals surface area (Å²) in [5, 5.41) is 7.03. The first-order valence-electron chi connectivity index (χ1n) is 6.87. The fourth-order valence-corrected chi connectivity index (χ4v) is 3.71. The van der Waals surface area contributed by atoms with E-state index in [4.69, 9.17) is 4.98 Å². The molecule has 1 atom stereocenters. The van der Waals surface area contributed by atoms with Crippen LogP contribution in [0.2, 0.25) is 0 Å². The molecule has 1 aromatic heterocycles. The molecule has 0 unspecified atom stereocenters. The highest BCUT2D eigenvalue weighted by Crippen LogP contribution is 2.29. The normalized spacial score (nSPS) is 26.1. The molecule has 17 heavy (non-hydrogen) atoms. The van der Waals surface area contributed by atoms with E-state index < -0.39 is 0 Å². The maximum atomic E-state index is 4.84. The van der Waals surface area contributed by atoms with Crippen LogP contribution in [0.25, 0.3) is 0 Å². The molecule has 0 bridgehead atoms. The molecule has 94 valence electrons. The topological polar surface area (TPSA) is 28.2 Å². The lowest BCUT2D eigenvalue weighted by molar-refractivity contribution is 0.630. The maximum Gasteiger partial charge on any atom is 0.185 e. The van der Waals surface area contributed by atoms with Gasteiger partial charge in [-0.25, -0.2) is 4.98 Å². The van der Waals surface area contributed by atoms with E-state index >= 15 is 0 Å². The summed E-state index contributed by atoms with van der Waals surface area (Å²) >= 11 is 1.83. The summed E-state index contributed by atoms with van der Waals surface area (Å²) in [6.07, 6.45) is 7.98. The highest BCUT2D eigenvalue weighted by molar-refractivity contribution is 7.13. The Bertz CT molecular complexity index is 349. The van der Waals surface area contributed by atoms with Crippen LogP contribution in [0.1, 0.15) is 50.3 Å². The zero-order chi connectivity index (χ0) is 11.5. The van der Waals surface area contributed by atoms with Crippen LogP contribution < -0.4 is 10.2 Å². The zero-order valence-corrected chi connectivity index (χ0v) is 11.1. The fraction of sp³-hybridized carbons (Fsp3) is 0.769. The Morgan fingerprint density at radius 3 is 2.71 bits per heavy atom. The molecule has 1 aromatic rings. The van der Waals surface area contributed by atoms with E-state index in [1.165, 1.54) is 62.4 Å². The standard InChI is InChI=1S/C13H21N3S/c1-2-4-9-16(8-3-1)13-15-12(10-17-13)11-6-5-7-14-11/h10-11,14H,1-9H2/t11-/m0/s1. The third-order valence-electron chi connectivity index (χ3n) is 3.80. The van der Waals surface area contributed by atoms with Crippen LogP contribution in [0.4, 0.5) is 5.13 Å². The first-order valence-corrected chi connectivity index (χ1v) is 7.75. The summed E-state index contributed by atoms with van der Waals surface area (Å²) < 4.78 is 0. The number of nitrogens with one attached hydrogen (secondary N) is 1. The van der Waals surface area contributed by atoms with Gasteiger partial charge in [-0.3, -0.25) is 0 Å². The molecule has 2 saturated heterocycles. The average Bonchev–Trinajstić information content (AvgIpc) is 2.95. The van der Waals surface area contributed by atoms with E-state index in [-0.39, 0.29) is 0 Å². The SMILES string of the molecule is c1sc(N2CCCCCC2)nc1[C@@H]1CCCN1. The molecule has 2 aliphatic rings. The van der Waals surface area contributed by atoms with E-state index in [2.05, 4.69) is 15.6 Å². The lowest BCUT2D eigenvalue weighted by Crippen LogP contribution is -2.23. The second-order valence-corrected chi connectivity index (χ2v) is 5.94. The Balaban J connectivity index is 1.70. The quantitative estimate of drug-likeness (QED) is 0.876. The smallest absolute Gasteiger partial charge is 0.185 e. The molecule has 0 aromatic carbocycles. The van der Waals surface area contributed by atoms with Crippen molar-refractivity contribution in [2.75, 3.05) is 24.5 Å². The molecule has 2 fully saturated rings. The third kappa shape index (κ3) is 2.63. The van der Waals surface area contributed by atoms with Crippen molar-refractivity contribution in [1.82, 2.24) is 10.3 Å². The van der Waals surface area contributed by atoms with Gasteiger partial charge in [0.25, 0.3) is 0 Å². The number of hydrogen-bond donors (Lipinski definition) is 1. The predicted octanol–water partition coefficient (Wildman–Crippen LogP) is 2.95. The first-order chi connectivity index (χ1) is 8.43. The molecular formula is C13H21N3S. The van der Waals surface area contributed by atoms with Gasteiger partial charge in [-0.15, -0.1) is 11.3 Å². The summed E-state index contributed by atoms with van der Waals surface area (Å²) in [6, 6.07) is 0.520. The van der Waals surface area contributed by atoms with Gasteiger partial charge in [-0.05, 0) is 32.2 Å². The van der Waals surface area contributed by atoms with Crippen molar-refractivity contribution >= 4 is 16.5 Å². The Morgan fingerprint density at radius 1 is 1.18 bits per heavy atom. The van der Waals surface area contributed by atoms with Crippen LogP contribution in [-0.4, -0.2) is 24.6 Å². The average molecular weight is 251 g/mol. The van der Waals surface area contributed by atoms with Crippen molar-refractivity contribution in [2.45, 2.75) is 44.6 Å². The van der Waals surface area contributed by atoms with Gasteiger partial charge in [0.15, 0.2) is 5.13 Å². The van der Waals surface area contributed by atoms with Gasteiger partial charge in [0.1, 0.15) is 0 Å². The Morgan fingerprint density at radius 2 is 2.00 bits per heavy atom. The lowest BCUT2D eigenvalue weighted by Gasteiger charge is -2.18. The zero-order valence-electron chi connectivity index (χ0n) is 10.3. The largest absolute Gasteiger partial charge is 0.348 e. The predicted molar refractivity (Wildman–Crippen MR) is 72.8 cm³/mol. The minimum absolute atomic E-state index is 0.520. The second kappa shape index (κ2) is 5.36. The summed E-state index contributed by atoms with van der Waals surface area (Å²) in [6.45, 7) is 3.55. The van der Waals surface area contributed by atoms with Crippen molar-refractivity contribution in [2.24, 2.45) is 0 Å². The van der Waals surface area contributed by atoms with E-state index in [9.17, 15) is 0 Å². The van der Waals surface area contributed by atoms with Crippen LogP contribution in [0.3, 0.4) is 0 Å². The fourth-order valence-electron chi connectivity index (χ4n) is 2.78. The van der Waals surface area contributed by atoms with Crippen molar-refractivity contribution < 1.29 is 0 Å². The maximum absolute atomic E-state index is 4.84. The minimum atomic E-state index is 0.520. The van der Waals surface area contributed by atoms with Crippen molar-refractivity contribution in [3.8, 4) is 0 Å². The second-order valence-electron chi connectivity index (χ2n) is 5.11. The Kier molecular flexibility index (Phi) is 3.62. The molecular weight excluding hydrogens is 230 g/mol. The van der Waals surface area contributed by atoms with Crippen LogP contribution in [0, 0.1) is 0 Å². The van der Waals surface area contributed by atoms with E-state index in [0.717, 1.165) is 6.54 Å². The molecule has 3 heterocycles. The van der Waals surface area contributed by atoms with Crippen LogP contribution in [-0.2, 0) is 0 Å². The molecule has 0 saturated carbocycles. The molecule has 1 N–H and O–H groups in total. The monoisotopic (exact) mass is 251 g/mol. The summed E-state index contributed by atoms with van der Waals surface area (Å²) in [4.78, 5) is 7.32. The van der Waals surface area contributed by atoms with Gasteiger partial charge in [-0.2, -0.15) is 0 Å². The summed E-state index contributed by atoms with van der Waals surface area (Å²) in [5.74, 6) is 0. The molecule has 0 radical (unpaired) electrons. The first kappa shape index (κ1) is 11.5. The van der Waals surface area contributed by atoms with Gasteiger partial charge < -0.3 is 10.2 Å².